The zero-order valence-corrected chi connectivity index (χ0v) is 22.4. The van der Waals surface area contributed by atoms with Crippen molar-refractivity contribution in [1.82, 2.24) is 34.6 Å². The minimum Gasteiger partial charge on any atom is -0.383 e. The van der Waals surface area contributed by atoms with Gasteiger partial charge in [0.05, 0.1) is 16.6 Å². The van der Waals surface area contributed by atoms with Crippen LogP contribution in [0.15, 0.2) is 97.5 Å². The molecule has 6 aromatic rings. The number of benzene rings is 2. The maximum absolute atomic E-state index is 6.32. The van der Waals surface area contributed by atoms with Crippen LogP contribution < -0.4 is 11.1 Å². The third kappa shape index (κ3) is 4.40. The quantitative estimate of drug-likeness (QED) is 0.272. The lowest BCUT2D eigenvalue weighted by Crippen LogP contribution is -2.27. The number of rotatable bonds is 6. The zero-order valence-electron chi connectivity index (χ0n) is 21.6. The van der Waals surface area contributed by atoms with Crippen LogP contribution in [0, 0.1) is 0 Å². The molecule has 1 aliphatic carbocycles. The number of aromatic nitrogens is 6. The third-order valence-corrected chi connectivity index (χ3v) is 7.58. The Morgan fingerprint density at radius 3 is 2.70 bits per heavy atom. The molecule has 1 aliphatic rings. The Morgan fingerprint density at radius 1 is 0.975 bits per heavy atom. The van der Waals surface area contributed by atoms with Crippen molar-refractivity contribution in [1.29, 1.82) is 0 Å². The number of anilines is 1. The lowest BCUT2D eigenvalue weighted by molar-refractivity contribution is 0.640. The van der Waals surface area contributed by atoms with E-state index in [0.29, 0.717) is 17.5 Å². The van der Waals surface area contributed by atoms with Gasteiger partial charge in [0.25, 0.3) is 0 Å². The second-order valence-electron chi connectivity index (χ2n) is 9.87. The van der Waals surface area contributed by atoms with Crippen molar-refractivity contribution in [3.63, 3.8) is 0 Å². The van der Waals surface area contributed by atoms with Gasteiger partial charge in [0.1, 0.15) is 11.3 Å². The first-order chi connectivity index (χ1) is 19.6. The molecule has 40 heavy (non-hydrogen) atoms. The van der Waals surface area contributed by atoms with E-state index in [9.17, 15) is 0 Å². The van der Waals surface area contributed by atoms with E-state index >= 15 is 0 Å². The molecular formula is C31H26N8S. The first-order valence-corrected chi connectivity index (χ1v) is 13.6. The van der Waals surface area contributed by atoms with Crippen molar-refractivity contribution in [2.75, 3.05) is 5.73 Å². The highest BCUT2D eigenvalue weighted by Crippen LogP contribution is 2.36. The maximum Gasteiger partial charge on any atom is 0.167 e. The standard InChI is InChI=1S/C31H26N8S/c32-29-24(8-4-15-33-29)30-36-26-13-14-27(38-17-5-16-34-38)37-31(26)39(30)22-10-11-23-21(19-22)9-12-25(23)35-28(40)18-20-6-2-1-3-7-20/h1-8,10-11,13-17,19,25H,9,12,18H2,(H2,32,33)(H,35,40)/t25-/m0/s1. The van der Waals surface area contributed by atoms with Crippen LogP contribution in [-0.4, -0.2) is 34.3 Å². The van der Waals surface area contributed by atoms with Gasteiger partial charge < -0.3 is 11.1 Å². The minimum atomic E-state index is 0.192. The number of hydrogen-bond acceptors (Lipinski definition) is 6. The third-order valence-electron chi connectivity index (χ3n) is 7.31. The lowest BCUT2D eigenvalue weighted by Gasteiger charge is -2.17. The molecule has 0 aliphatic heterocycles. The van der Waals surface area contributed by atoms with Crippen molar-refractivity contribution < 1.29 is 0 Å². The number of nitrogens with one attached hydrogen (secondary N) is 1. The molecule has 0 fully saturated rings. The highest BCUT2D eigenvalue weighted by Gasteiger charge is 2.25. The van der Waals surface area contributed by atoms with Crippen molar-refractivity contribution in [3.05, 3.63) is 114 Å². The Kier molecular flexibility index (Phi) is 6.05. The second-order valence-corrected chi connectivity index (χ2v) is 10.4. The SMILES string of the molecule is Nc1ncccc1-c1nc2ccc(-n3cccn3)nc2n1-c1ccc2c(c1)CC[C@@H]2NC(=S)Cc1ccccc1. The molecule has 4 heterocycles. The summed E-state index contributed by atoms with van der Waals surface area (Å²) in [6.45, 7) is 0. The Balaban J connectivity index is 1.28. The number of fused-ring (bicyclic) bond motifs is 2. The van der Waals surface area contributed by atoms with E-state index in [4.69, 9.17) is 27.9 Å². The van der Waals surface area contributed by atoms with Crippen LogP contribution in [0.5, 0.6) is 0 Å². The smallest absolute Gasteiger partial charge is 0.167 e. The van der Waals surface area contributed by atoms with Crippen LogP contribution >= 0.6 is 12.2 Å². The normalized spacial score (nSPS) is 14.3. The number of pyridine rings is 2. The molecule has 9 heteroatoms. The minimum absolute atomic E-state index is 0.192. The average Bonchev–Trinajstić information content (AvgIpc) is 3.72. The number of thiocarbonyl (C=S) groups is 1. The molecule has 8 nitrogen and oxygen atoms in total. The van der Waals surface area contributed by atoms with Gasteiger partial charge in [-0.1, -0.05) is 48.6 Å². The summed E-state index contributed by atoms with van der Waals surface area (Å²) in [6, 6.07) is 26.6. The first kappa shape index (κ1) is 24.2. The number of hydrogen-bond donors (Lipinski definition) is 2. The van der Waals surface area contributed by atoms with Crippen LogP contribution in [0.3, 0.4) is 0 Å². The summed E-state index contributed by atoms with van der Waals surface area (Å²) < 4.78 is 3.81. The number of nitrogen functional groups attached to an aromatic ring is 1. The Bertz CT molecular complexity index is 1840. The van der Waals surface area contributed by atoms with E-state index in [-0.39, 0.29) is 6.04 Å². The van der Waals surface area contributed by atoms with E-state index in [0.717, 1.165) is 46.7 Å². The fraction of sp³-hybridized carbons (Fsp3) is 0.129. The fourth-order valence-corrected chi connectivity index (χ4v) is 5.74. The molecule has 0 saturated carbocycles. The molecule has 3 N–H and O–H groups in total. The molecule has 0 spiro atoms. The highest BCUT2D eigenvalue weighted by molar-refractivity contribution is 7.80. The summed E-state index contributed by atoms with van der Waals surface area (Å²) in [7, 11) is 0. The van der Waals surface area contributed by atoms with Crippen molar-refractivity contribution in [2.24, 2.45) is 0 Å². The summed E-state index contributed by atoms with van der Waals surface area (Å²) in [4.78, 5) is 15.1. The van der Waals surface area contributed by atoms with Crippen molar-refractivity contribution in [3.8, 4) is 22.9 Å². The van der Waals surface area contributed by atoms with E-state index < -0.39 is 0 Å². The average molecular weight is 543 g/mol. The number of nitrogens with zero attached hydrogens (tertiary/aromatic N) is 6. The summed E-state index contributed by atoms with van der Waals surface area (Å²) in [5.74, 6) is 1.83. The van der Waals surface area contributed by atoms with Crippen LogP contribution in [0.1, 0.15) is 29.2 Å². The molecule has 2 aromatic carbocycles. The molecule has 4 aromatic heterocycles. The van der Waals surface area contributed by atoms with Gasteiger partial charge >= 0.3 is 0 Å². The van der Waals surface area contributed by atoms with Crippen LogP contribution in [0.25, 0.3) is 34.1 Å². The van der Waals surface area contributed by atoms with Gasteiger partial charge in [0, 0.05) is 30.7 Å². The topological polar surface area (TPSA) is 99.5 Å². The van der Waals surface area contributed by atoms with Crippen LogP contribution in [-0.2, 0) is 12.8 Å². The Morgan fingerprint density at radius 2 is 1.88 bits per heavy atom. The highest BCUT2D eigenvalue weighted by atomic mass is 32.1. The van der Waals surface area contributed by atoms with Gasteiger partial charge in [-0.3, -0.25) is 4.57 Å². The van der Waals surface area contributed by atoms with E-state index in [1.54, 1.807) is 17.1 Å². The Hall–Kier alpha value is -4.89. The van der Waals surface area contributed by atoms with Gasteiger partial charge in [-0.15, -0.1) is 0 Å². The predicted octanol–water partition coefficient (Wildman–Crippen LogP) is 5.40. The first-order valence-electron chi connectivity index (χ1n) is 13.2. The maximum atomic E-state index is 6.32. The summed E-state index contributed by atoms with van der Waals surface area (Å²) in [5.41, 5.74) is 13.3. The molecule has 1 atom stereocenters. The van der Waals surface area contributed by atoms with Gasteiger partial charge in [0.2, 0.25) is 0 Å². The molecule has 0 saturated heterocycles. The number of nitrogens with two attached hydrogens (primary N) is 1. The van der Waals surface area contributed by atoms with Crippen LogP contribution in [0.2, 0.25) is 0 Å². The zero-order chi connectivity index (χ0) is 27.1. The monoisotopic (exact) mass is 542 g/mol. The molecule has 0 unspecified atom stereocenters. The molecule has 0 bridgehead atoms. The largest absolute Gasteiger partial charge is 0.383 e. The predicted molar refractivity (Wildman–Crippen MR) is 161 cm³/mol. The lowest BCUT2D eigenvalue weighted by atomic mass is 10.1. The Labute approximate surface area is 236 Å². The van der Waals surface area contributed by atoms with Crippen LogP contribution in [0.4, 0.5) is 5.82 Å². The van der Waals surface area contributed by atoms with Crippen molar-refractivity contribution in [2.45, 2.75) is 25.3 Å². The van der Waals surface area contributed by atoms with Gasteiger partial charge in [-0.2, -0.15) is 5.10 Å². The van der Waals surface area contributed by atoms with E-state index in [1.807, 2.05) is 54.7 Å². The molecule has 7 rings (SSSR count). The molecule has 0 amide bonds. The summed E-state index contributed by atoms with van der Waals surface area (Å²) in [6.07, 6.45) is 7.98. The van der Waals surface area contributed by atoms with E-state index in [1.165, 1.54) is 16.7 Å². The number of imidazole rings is 1. The molecule has 0 radical (unpaired) electrons. The van der Waals surface area contributed by atoms with Gasteiger partial charge in [-0.25, -0.2) is 19.6 Å². The molecule has 196 valence electrons. The summed E-state index contributed by atoms with van der Waals surface area (Å²) in [5, 5.41) is 7.96. The van der Waals surface area contributed by atoms with E-state index in [2.05, 4.69) is 50.3 Å². The summed E-state index contributed by atoms with van der Waals surface area (Å²) >= 11 is 5.72. The molecular weight excluding hydrogens is 516 g/mol. The number of aryl methyl sites for hydroxylation is 1. The second kappa shape index (κ2) is 10.0. The van der Waals surface area contributed by atoms with Gasteiger partial charge in [-0.05, 0) is 72.0 Å². The van der Waals surface area contributed by atoms with Crippen molar-refractivity contribution >= 4 is 34.2 Å². The van der Waals surface area contributed by atoms with Gasteiger partial charge in [0.15, 0.2) is 17.3 Å². The fourth-order valence-electron chi connectivity index (χ4n) is 5.43.